The van der Waals surface area contributed by atoms with Crippen LogP contribution in [-0.4, -0.2) is 55.9 Å². The Morgan fingerprint density at radius 1 is 1.15 bits per heavy atom. The summed E-state index contributed by atoms with van der Waals surface area (Å²) >= 11 is -1.41. The lowest BCUT2D eigenvalue weighted by Gasteiger charge is -2.45. The number of aliphatic hydroxyl groups excluding tert-OH is 1. The van der Waals surface area contributed by atoms with Crippen molar-refractivity contribution >= 4 is 23.2 Å². The molecule has 2 atom stereocenters. The summed E-state index contributed by atoms with van der Waals surface area (Å²) in [5.41, 5.74) is -0.142. The van der Waals surface area contributed by atoms with Crippen LogP contribution in [0.1, 0.15) is 67.2 Å². The molecule has 150 valence electrons. The highest BCUT2D eigenvalue weighted by Gasteiger charge is 2.60. The number of hydrogen-bond donors (Lipinski definition) is 2. The summed E-state index contributed by atoms with van der Waals surface area (Å²) in [6.45, 7) is 12.9. The van der Waals surface area contributed by atoms with E-state index in [0.717, 1.165) is 18.6 Å². The Balaban J connectivity index is 2.50. The largest absolute Gasteiger partial charge is 0.591 e. The molecule has 26 heavy (non-hydrogen) atoms. The zero-order valence-electron chi connectivity index (χ0n) is 17.0. The van der Waals surface area contributed by atoms with E-state index in [2.05, 4.69) is 20.8 Å². The Bertz CT molecular complexity index is 571. The highest BCUT2D eigenvalue weighted by atomic mass is 32.2. The van der Waals surface area contributed by atoms with E-state index in [0.29, 0.717) is 25.9 Å². The third-order valence-electron chi connectivity index (χ3n) is 6.38. The van der Waals surface area contributed by atoms with E-state index in [4.69, 9.17) is 4.40 Å². The van der Waals surface area contributed by atoms with E-state index in [1.165, 1.54) is 4.90 Å². The summed E-state index contributed by atoms with van der Waals surface area (Å²) in [5, 5.41) is 19.7. The van der Waals surface area contributed by atoms with Gasteiger partial charge in [-0.3, -0.25) is 0 Å². The monoisotopic (exact) mass is 386 g/mol. The number of carboxylic acid groups (broad SMARTS) is 1. The first-order valence-electron chi connectivity index (χ1n) is 9.39. The van der Waals surface area contributed by atoms with E-state index in [1.54, 1.807) is 0 Å². The molecule has 1 saturated heterocycles. The zero-order valence-corrected chi connectivity index (χ0v) is 17.8. The fraction of sp³-hybridized carbons (Fsp3) is 0.895. The van der Waals surface area contributed by atoms with Crippen molar-refractivity contribution in [2.24, 2.45) is 20.6 Å². The maximum absolute atomic E-state index is 12.9. The molecule has 1 aliphatic carbocycles. The van der Waals surface area contributed by atoms with Gasteiger partial charge in [0.2, 0.25) is 0 Å². The standard InChI is InChI=1S/C19H34N2O4S/c1-16(2,3)19(13-22)8-7-18(9-11-21(12-10-18)15(23)24)14(19)20-26(25)17(4,5)6/h22H,7-13H2,1-6H3,(H,23,24). The number of likely N-dealkylation sites (tertiary alicyclic amines) is 1. The maximum atomic E-state index is 12.9. The smallest absolute Gasteiger partial charge is 0.407 e. The predicted octanol–water partition coefficient (Wildman–Crippen LogP) is 3.47. The van der Waals surface area contributed by atoms with Crippen molar-refractivity contribution in [1.29, 1.82) is 0 Å². The number of carbonyl (C=O) groups is 1. The molecule has 1 aliphatic heterocycles. The molecule has 2 unspecified atom stereocenters. The predicted molar refractivity (Wildman–Crippen MR) is 105 cm³/mol. The fourth-order valence-electron chi connectivity index (χ4n) is 4.34. The van der Waals surface area contributed by atoms with Crippen LogP contribution in [0.5, 0.6) is 0 Å². The van der Waals surface area contributed by atoms with Crippen molar-refractivity contribution in [3.63, 3.8) is 0 Å². The molecule has 0 radical (unpaired) electrons. The quantitative estimate of drug-likeness (QED) is 0.710. The van der Waals surface area contributed by atoms with Gasteiger partial charge in [-0.05, 0) is 51.9 Å². The number of hydrogen-bond acceptors (Lipinski definition) is 4. The zero-order chi connectivity index (χ0) is 20.0. The summed E-state index contributed by atoms with van der Waals surface area (Å²) in [5.74, 6) is 0. The lowest BCUT2D eigenvalue weighted by atomic mass is 9.62. The minimum atomic E-state index is -1.41. The van der Waals surface area contributed by atoms with Gasteiger partial charge in [0, 0.05) is 23.9 Å². The van der Waals surface area contributed by atoms with Crippen LogP contribution in [0, 0.1) is 16.2 Å². The first-order chi connectivity index (χ1) is 11.8. The van der Waals surface area contributed by atoms with Gasteiger partial charge in [0.25, 0.3) is 0 Å². The molecule has 1 spiro atoms. The van der Waals surface area contributed by atoms with Gasteiger partial charge in [0.1, 0.15) is 16.1 Å². The van der Waals surface area contributed by atoms with Crippen LogP contribution in [0.4, 0.5) is 4.79 Å². The number of rotatable bonds is 2. The molecule has 1 heterocycles. The summed E-state index contributed by atoms with van der Waals surface area (Å²) in [6.07, 6.45) is 2.12. The molecule has 0 aromatic heterocycles. The van der Waals surface area contributed by atoms with Crippen molar-refractivity contribution in [3.8, 4) is 0 Å². The van der Waals surface area contributed by atoms with Crippen molar-refractivity contribution < 1.29 is 19.6 Å². The van der Waals surface area contributed by atoms with Gasteiger partial charge in [-0.25, -0.2) is 4.79 Å². The number of nitrogens with zero attached hydrogens (tertiary/aromatic N) is 2. The van der Waals surface area contributed by atoms with E-state index >= 15 is 0 Å². The minimum absolute atomic E-state index is 0.0267. The lowest BCUT2D eigenvalue weighted by molar-refractivity contribution is 0.0795. The third-order valence-corrected chi connectivity index (χ3v) is 7.78. The third kappa shape index (κ3) is 3.62. The second-order valence-electron chi connectivity index (χ2n) is 9.84. The van der Waals surface area contributed by atoms with Crippen molar-refractivity contribution in [1.82, 2.24) is 4.90 Å². The molecule has 2 rings (SSSR count). The van der Waals surface area contributed by atoms with Crippen LogP contribution in [0.2, 0.25) is 0 Å². The Labute approximate surface area is 160 Å². The van der Waals surface area contributed by atoms with Crippen LogP contribution in [0.15, 0.2) is 4.40 Å². The summed E-state index contributed by atoms with van der Waals surface area (Å²) in [4.78, 5) is 12.7. The molecule has 2 N–H and O–H groups in total. The van der Waals surface area contributed by atoms with Crippen LogP contribution in [0.25, 0.3) is 0 Å². The SMILES string of the molecule is CC(C)(C)[S+]([O-])N=C1C2(CCN(C(=O)O)CC2)CCC1(CO)C(C)(C)C. The van der Waals surface area contributed by atoms with Crippen LogP contribution >= 0.6 is 0 Å². The van der Waals surface area contributed by atoms with E-state index in [-0.39, 0.29) is 17.4 Å². The average molecular weight is 387 g/mol. The molecule has 6 nitrogen and oxygen atoms in total. The molecular weight excluding hydrogens is 352 g/mol. The van der Waals surface area contributed by atoms with E-state index in [1.807, 2.05) is 20.8 Å². The molecule has 2 aliphatic rings. The van der Waals surface area contributed by atoms with Crippen LogP contribution in [-0.2, 0) is 11.4 Å². The van der Waals surface area contributed by atoms with E-state index < -0.39 is 27.6 Å². The van der Waals surface area contributed by atoms with E-state index in [9.17, 15) is 19.6 Å². The number of aliphatic hydroxyl groups is 1. The Hall–Kier alpha value is -0.790. The average Bonchev–Trinajstić information content (AvgIpc) is 2.81. The molecule has 0 bridgehead atoms. The molecule has 2 fully saturated rings. The number of amides is 1. The fourth-order valence-corrected chi connectivity index (χ4v) is 5.14. The minimum Gasteiger partial charge on any atom is -0.591 e. The normalized spacial score (nSPS) is 29.4. The molecule has 0 aromatic rings. The second-order valence-corrected chi connectivity index (χ2v) is 11.7. The number of piperidine rings is 1. The molecule has 1 amide bonds. The Morgan fingerprint density at radius 3 is 2.08 bits per heavy atom. The molecular formula is C19H34N2O4S. The summed E-state index contributed by atoms with van der Waals surface area (Å²) < 4.78 is 17.2. The molecule has 7 heteroatoms. The van der Waals surface area contributed by atoms with Gasteiger partial charge < -0.3 is 19.7 Å². The highest BCUT2D eigenvalue weighted by molar-refractivity contribution is 7.91. The first-order valence-corrected chi connectivity index (χ1v) is 10.5. The summed E-state index contributed by atoms with van der Waals surface area (Å²) in [7, 11) is 0. The van der Waals surface area contributed by atoms with Crippen molar-refractivity contribution in [2.45, 2.75) is 72.0 Å². The van der Waals surface area contributed by atoms with Gasteiger partial charge in [0.05, 0.1) is 12.3 Å². The lowest BCUT2D eigenvalue weighted by Crippen LogP contribution is -2.51. The van der Waals surface area contributed by atoms with Gasteiger partial charge >= 0.3 is 6.09 Å². The van der Waals surface area contributed by atoms with Gasteiger partial charge in [0.15, 0.2) is 0 Å². The topological polar surface area (TPSA) is 96.2 Å². The van der Waals surface area contributed by atoms with Crippen LogP contribution < -0.4 is 0 Å². The van der Waals surface area contributed by atoms with Crippen molar-refractivity contribution in [2.75, 3.05) is 19.7 Å². The first kappa shape index (κ1) is 21.5. The molecule has 1 saturated carbocycles. The van der Waals surface area contributed by atoms with Crippen molar-refractivity contribution in [3.05, 3.63) is 0 Å². The maximum Gasteiger partial charge on any atom is 0.407 e. The van der Waals surface area contributed by atoms with Crippen LogP contribution in [0.3, 0.4) is 0 Å². The van der Waals surface area contributed by atoms with Gasteiger partial charge in [-0.15, -0.1) is 0 Å². The van der Waals surface area contributed by atoms with Gasteiger partial charge in [-0.2, -0.15) is 0 Å². The second kappa shape index (κ2) is 6.99. The summed E-state index contributed by atoms with van der Waals surface area (Å²) in [6, 6.07) is 0. The van der Waals surface area contributed by atoms with Gasteiger partial charge in [-0.1, -0.05) is 25.2 Å². The Kier molecular flexibility index (Phi) is 5.78. The highest BCUT2D eigenvalue weighted by Crippen LogP contribution is 2.59. The molecule has 0 aromatic carbocycles. The Morgan fingerprint density at radius 2 is 1.69 bits per heavy atom.